The number of nitrogens with zero attached hydrogens (tertiary/aromatic N) is 1. The Morgan fingerprint density at radius 3 is 2.92 bits per heavy atom. The van der Waals surface area contributed by atoms with E-state index in [4.69, 9.17) is 5.11 Å². The van der Waals surface area contributed by atoms with Crippen LogP contribution in [-0.2, 0) is 0 Å². The maximum absolute atomic E-state index is 11.4. The quantitative estimate of drug-likeness (QED) is 0.608. The van der Waals surface area contributed by atoms with E-state index in [9.17, 15) is 4.79 Å². The average molecular weight is 166 g/mol. The first-order valence-corrected chi connectivity index (χ1v) is 3.88. The standard InChI is InChI=1S/C8H10N2O2/c11-6-4-10(5-6)8(12)7-2-1-3-9-7/h1-3,6,9,11H,4-5H2. The van der Waals surface area contributed by atoms with Crippen LogP contribution in [0.25, 0.3) is 0 Å². The molecule has 1 aromatic rings. The number of hydrogen-bond acceptors (Lipinski definition) is 2. The fourth-order valence-electron chi connectivity index (χ4n) is 1.25. The lowest BCUT2D eigenvalue weighted by molar-refractivity contribution is 0.00555. The second-order valence-corrected chi connectivity index (χ2v) is 2.95. The third-order valence-corrected chi connectivity index (χ3v) is 1.98. The van der Waals surface area contributed by atoms with Crippen molar-refractivity contribution in [3.8, 4) is 0 Å². The fraction of sp³-hybridized carbons (Fsp3) is 0.375. The summed E-state index contributed by atoms with van der Waals surface area (Å²) >= 11 is 0. The highest BCUT2D eigenvalue weighted by Crippen LogP contribution is 2.11. The number of nitrogens with one attached hydrogen (secondary N) is 1. The number of likely N-dealkylation sites (tertiary alicyclic amines) is 1. The normalized spacial score (nSPS) is 17.6. The van der Waals surface area contributed by atoms with E-state index >= 15 is 0 Å². The maximum atomic E-state index is 11.4. The highest BCUT2D eigenvalue weighted by Gasteiger charge is 2.29. The van der Waals surface area contributed by atoms with Crippen molar-refractivity contribution in [3.63, 3.8) is 0 Å². The lowest BCUT2D eigenvalue weighted by Gasteiger charge is -2.35. The second kappa shape index (κ2) is 2.64. The Balaban J connectivity index is 2.03. The highest BCUT2D eigenvalue weighted by atomic mass is 16.3. The number of aliphatic hydroxyl groups excluding tert-OH is 1. The molecule has 12 heavy (non-hydrogen) atoms. The van der Waals surface area contributed by atoms with E-state index < -0.39 is 0 Å². The molecule has 1 aliphatic heterocycles. The molecule has 1 aromatic heterocycles. The van der Waals surface area contributed by atoms with Gasteiger partial charge in [0.15, 0.2) is 0 Å². The van der Waals surface area contributed by atoms with Gasteiger partial charge in [-0.05, 0) is 12.1 Å². The van der Waals surface area contributed by atoms with Crippen LogP contribution in [0.5, 0.6) is 0 Å². The molecule has 0 unspecified atom stereocenters. The number of aliphatic hydroxyl groups is 1. The number of carbonyl (C=O) groups is 1. The van der Waals surface area contributed by atoms with E-state index in [0.29, 0.717) is 18.8 Å². The number of carbonyl (C=O) groups excluding carboxylic acids is 1. The molecule has 4 nitrogen and oxygen atoms in total. The first-order valence-electron chi connectivity index (χ1n) is 3.88. The monoisotopic (exact) mass is 166 g/mol. The molecule has 0 atom stereocenters. The Labute approximate surface area is 69.8 Å². The van der Waals surface area contributed by atoms with Crippen molar-refractivity contribution in [2.45, 2.75) is 6.10 Å². The Bertz CT molecular complexity index is 275. The second-order valence-electron chi connectivity index (χ2n) is 2.95. The number of amides is 1. The van der Waals surface area contributed by atoms with Crippen molar-refractivity contribution in [1.82, 2.24) is 9.88 Å². The van der Waals surface area contributed by atoms with E-state index in [0.717, 1.165) is 0 Å². The van der Waals surface area contributed by atoms with Gasteiger partial charge >= 0.3 is 0 Å². The molecule has 1 aliphatic rings. The van der Waals surface area contributed by atoms with Crippen molar-refractivity contribution in [2.75, 3.05) is 13.1 Å². The Morgan fingerprint density at radius 1 is 1.67 bits per heavy atom. The van der Waals surface area contributed by atoms with Crippen LogP contribution < -0.4 is 0 Å². The molecular formula is C8H10N2O2. The molecule has 0 saturated carbocycles. The topological polar surface area (TPSA) is 56.3 Å². The predicted molar refractivity (Wildman–Crippen MR) is 42.7 cm³/mol. The SMILES string of the molecule is O=C(c1ccc[nH]1)N1CC(O)C1. The van der Waals surface area contributed by atoms with Crippen molar-refractivity contribution in [1.29, 1.82) is 0 Å². The van der Waals surface area contributed by atoms with E-state index in [2.05, 4.69) is 4.98 Å². The van der Waals surface area contributed by atoms with Gasteiger partial charge in [-0.2, -0.15) is 0 Å². The summed E-state index contributed by atoms with van der Waals surface area (Å²) in [6.45, 7) is 0.912. The summed E-state index contributed by atoms with van der Waals surface area (Å²) in [6.07, 6.45) is 1.38. The summed E-state index contributed by atoms with van der Waals surface area (Å²) in [5.74, 6) is -0.0368. The van der Waals surface area contributed by atoms with E-state index in [1.807, 2.05) is 0 Å². The van der Waals surface area contributed by atoms with Gasteiger partial charge in [-0.3, -0.25) is 4.79 Å². The van der Waals surface area contributed by atoms with Gasteiger partial charge in [0.25, 0.3) is 5.91 Å². The van der Waals surface area contributed by atoms with Crippen LogP contribution in [0.2, 0.25) is 0 Å². The number of aromatic nitrogens is 1. The van der Waals surface area contributed by atoms with Gasteiger partial charge in [-0.25, -0.2) is 0 Å². The Hall–Kier alpha value is -1.29. The number of H-pyrrole nitrogens is 1. The third kappa shape index (κ3) is 1.10. The summed E-state index contributed by atoms with van der Waals surface area (Å²) in [4.78, 5) is 15.9. The van der Waals surface area contributed by atoms with Gasteiger partial charge in [0.05, 0.1) is 6.10 Å². The van der Waals surface area contributed by atoms with Crippen LogP contribution in [-0.4, -0.2) is 40.1 Å². The largest absolute Gasteiger partial charge is 0.389 e. The molecule has 0 aromatic carbocycles. The Kier molecular flexibility index (Phi) is 1.62. The average Bonchev–Trinajstić information content (AvgIpc) is 2.49. The van der Waals surface area contributed by atoms with Crippen molar-refractivity contribution in [2.24, 2.45) is 0 Å². The zero-order valence-electron chi connectivity index (χ0n) is 6.53. The minimum absolute atomic E-state index is 0.0368. The first-order chi connectivity index (χ1) is 5.77. The molecule has 1 saturated heterocycles. The number of hydrogen-bond donors (Lipinski definition) is 2. The Morgan fingerprint density at radius 2 is 2.42 bits per heavy atom. The summed E-state index contributed by atoms with van der Waals surface area (Å²) in [5, 5.41) is 8.96. The third-order valence-electron chi connectivity index (χ3n) is 1.98. The molecule has 1 fully saturated rings. The van der Waals surface area contributed by atoms with Crippen LogP contribution in [0.3, 0.4) is 0 Å². The van der Waals surface area contributed by atoms with Gasteiger partial charge in [-0.15, -0.1) is 0 Å². The van der Waals surface area contributed by atoms with Crippen LogP contribution in [0.15, 0.2) is 18.3 Å². The van der Waals surface area contributed by atoms with Crippen LogP contribution in [0, 0.1) is 0 Å². The molecule has 64 valence electrons. The van der Waals surface area contributed by atoms with E-state index in [-0.39, 0.29) is 12.0 Å². The highest BCUT2D eigenvalue weighted by molar-refractivity contribution is 5.92. The maximum Gasteiger partial charge on any atom is 0.270 e. The number of rotatable bonds is 1. The van der Waals surface area contributed by atoms with Crippen LogP contribution >= 0.6 is 0 Å². The lowest BCUT2D eigenvalue weighted by atomic mass is 10.1. The molecule has 0 bridgehead atoms. The van der Waals surface area contributed by atoms with Gasteiger partial charge < -0.3 is 15.0 Å². The zero-order valence-corrected chi connectivity index (χ0v) is 6.53. The minimum Gasteiger partial charge on any atom is -0.389 e. The van der Waals surface area contributed by atoms with E-state index in [1.165, 1.54) is 0 Å². The van der Waals surface area contributed by atoms with Crippen molar-refractivity contribution >= 4 is 5.91 Å². The van der Waals surface area contributed by atoms with Gasteiger partial charge in [-0.1, -0.05) is 0 Å². The molecule has 1 amide bonds. The molecular weight excluding hydrogens is 156 g/mol. The summed E-state index contributed by atoms with van der Waals surface area (Å²) < 4.78 is 0. The van der Waals surface area contributed by atoms with E-state index in [1.54, 1.807) is 23.2 Å². The molecule has 0 aliphatic carbocycles. The minimum atomic E-state index is -0.330. The lowest BCUT2D eigenvalue weighted by Crippen LogP contribution is -2.53. The zero-order chi connectivity index (χ0) is 8.55. The van der Waals surface area contributed by atoms with Gasteiger partial charge in [0.2, 0.25) is 0 Å². The summed E-state index contributed by atoms with van der Waals surface area (Å²) in [5.41, 5.74) is 0.585. The molecule has 4 heteroatoms. The molecule has 2 heterocycles. The summed E-state index contributed by atoms with van der Waals surface area (Å²) in [7, 11) is 0. The van der Waals surface area contributed by atoms with Gasteiger partial charge in [0.1, 0.15) is 5.69 Å². The van der Waals surface area contributed by atoms with Crippen molar-refractivity contribution in [3.05, 3.63) is 24.0 Å². The number of β-amino-alcohol motifs (C(OH)–C–C–N with tert-alkyl or cyclic N) is 1. The predicted octanol–water partition coefficient (Wildman–Crippen LogP) is -0.169. The van der Waals surface area contributed by atoms with Gasteiger partial charge in [0, 0.05) is 19.3 Å². The summed E-state index contributed by atoms with van der Waals surface area (Å²) in [6, 6.07) is 3.51. The van der Waals surface area contributed by atoms with Crippen molar-refractivity contribution < 1.29 is 9.90 Å². The smallest absolute Gasteiger partial charge is 0.270 e. The fourth-order valence-corrected chi connectivity index (χ4v) is 1.25. The first kappa shape index (κ1) is 7.36. The molecule has 2 rings (SSSR count). The van der Waals surface area contributed by atoms with Crippen LogP contribution in [0.1, 0.15) is 10.5 Å². The molecule has 2 N–H and O–H groups in total. The number of aromatic amines is 1. The molecule has 0 spiro atoms. The van der Waals surface area contributed by atoms with Crippen LogP contribution in [0.4, 0.5) is 0 Å². The molecule has 0 radical (unpaired) electrons.